The van der Waals surface area contributed by atoms with E-state index in [0.29, 0.717) is 0 Å². The van der Waals surface area contributed by atoms with E-state index in [9.17, 15) is 0 Å². The van der Waals surface area contributed by atoms with Gasteiger partial charge in [-0.25, -0.2) is 0 Å². The third-order valence-corrected chi connectivity index (χ3v) is 4.19. The SMILES string of the molecule is C1=CCCCC1.Cc1ccccc1.Cc1ccccc1C.ClC(Cl)Cl.c1ccccc1. The number of rotatable bonds is 0. The maximum Gasteiger partial charge on any atom is 0.180 e. The molecule has 1 aliphatic rings. The Morgan fingerprint density at radius 1 is 0.516 bits per heavy atom. The van der Waals surface area contributed by atoms with Crippen LogP contribution in [0, 0.1) is 20.8 Å². The van der Waals surface area contributed by atoms with Gasteiger partial charge < -0.3 is 0 Å². The zero-order valence-corrected chi connectivity index (χ0v) is 21.1. The summed E-state index contributed by atoms with van der Waals surface area (Å²) < 4.78 is -0.750. The molecule has 0 saturated heterocycles. The Hall–Kier alpha value is -1.73. The molecule has 0 radical (unpaired) electrons. The summed E-state index contributed by atoms with van der Waals surface area (Å²) in [6.07, 6.45) is 10.0. The summed E-state index contributed by atoms with van der Waals surface area (Å²) in [4.78, 5) is 0. The third-order valence-electron chi connectivity index (χ3n) is 4.19. The van der Waals surface area contributed by atoms with Gasteiger partial charge in [-0.3, -0.25) is 0 Å². The number of hydrogen-bond donors (Lipinski definition) is 0. The number of halogens is 3. The highest BCUT2D eigenvalue weighted by molar-refractivity contribution is 6.63. The van der Waals surface area contributed by atoms with Crippen LogP contribution in [0.3, 0.4) is 0 Å². The van der Waals surface area contributed by atoms with Crippen LogP contribution in [0.4, 0.5) is 0 Å². The largest absolute Gasteiger partial charge is 0.180 e. The lowest BCUT2D eigenvalue weighted by molar-refractivity contribution is 0.730. The summed E-state index contributed by atoms with van der Waals surface area (Å²) >= 11 is 14.4. The van der Waals surface area contributed by atoms with Crippen LogP contribution in [-0.2, 0) is 0 Å². The average molecular weight is 478 g/mol. The lowest BCUT2D eigenvalue weighted by Gasteiger charge is -1.97. The average Bonchev–Trinajstić information content (AvgIpc) is 2.80. The fourth-order valence-corrected chi connectivity index (χ4v) is 2.34. The molecule has 0 fully saturated rings. The second-order valence-corrected chi connectivity index (χ2v) is 8.88. The van der Waals surface area contributed by atoms with Crippen LogP contribution in [0.15, 0.2) is 103 Å². The first kappa shape index (κ1) is 29.3. The van der Waals surface area contributed by atoms with Crippen LogP contribution in [0.2, 0.25) is 0 Å². The molecule has 0 amide bonds. The topological polar surface area (TPSA) is 0 Å². The van der Waals surface area contributed by atoms with Gasteiger partial charge in [0.25, 0.3) is 0 Å². The highest BCUT2D eigenvalue weighted by Gasteiger charge is 1.87. The van der Waals surface area contributed by atoms with E-state index < -0.39 is 4.30 Å². The molecule has 0 heterocycles. The molecule has 4 rings (SSSR count). The van der Waals surface area contributed by atoms with Crippen LogP contribution in [0.1, 0.15) is 42.4 Å². The standard InChI is InChI=1S/C8H10.C7H8.C6H10.C6H6.CHCl3/c1-7-5-3-4-6-8(7)2;1-7-5-3-2-4-6-7;2*1-2-4-6-5-3-1;2-1(3)4/h3-6H,1-2H3;2-6H,1H3;1-2H,3-6H2;1-6H;1H. The van der Waals surface area contributed by atoms with Crippen LogP contribution in [0.25, 0.3) is 0 Å². The van der Waals surface area contributed by atoms with Crippen molar-refractivity contribution in [1.82, 2.24) is 0 Å². The summed E-state index contributed by atoms with van der Waals surface area (Å²) in [7, 11) is 0. The van der Waals surface area contributed by atoms with Crippen LogP contribution in [0.5, 0.6) is 0 Å². The Kier molecular flexibility index (Phi) is 20.3. The monoisotopic (exact) mass is 476 g/mol. The van der Waals surface area contributed by atoms with Gasteiger partial charge in [0.05, 0.1) is 0 Å². The molecule has 0 atom stereocenters. The van der Waals surface area contributed by atoms with Gasteiger partial charge in [0.1, 0.15) is 0 Å². The number of aryl methyl sites for hydroxylation is 3. The van der Waals surface area contributed by atoms with Crippen molar-refractivity contribution in [2.75, 3.05) is 0 Å². The van der Waals surface area contributed by atoms with Gasteiger partial charge in [0.15, 0.2) is 4.30 Å². The maximum absolute atomic E-state index is 4.81. The molecular formula is C28H35Cl3. The molecule has 3 heteroatoms. The Morgan fingerprint density at radius 2 is 0.806 bits per heavy atom. The summed E-state index contributed by atoms with van der Waals surface area (Å²) in [5.74, 6) is 0. The van der Waals surface area contributed by atoms with Crippen LogP contribution < -0.4 is 0 Å². The third kappa shape index (κ3) is 22.8. The Morgan fingerprint density at radius 3 is 1.00 bits per heavy atom. The first-order valence-corrected chi connectivity index (χ1v) is 11.9. The molecular weight excluding hydrogens is 443 g/mol. The van der Waals surface area contributed by atoms with Gasteiger partial charge >= 0.3 is 0 Å². The molecule has 0 nitrogen and oxygen atoms in total. The quantitative estimate of drug-likeness (QED) is 0.223. The fourth-order valence-electron chi connectivity index (χ4n) is 2.34. The Labute approximate surface area is 204 Å². The minimum atomic E-state index is -0.750. The molecule has 0 unspecified atom stereocenters. The van der Waals surface area contributed by atoms with Crippen molar-refractivity contribution in [3.63, 3.8) is 0 Å². The number of hydrogen-bond acceptors (Lipinski definition) is 0. The summed E-state index contributed by atoms with van der Waals surface area (Å²) in [5.41, 5.74) is 4.06. The van der Waals surface area contributed by atoms with Crippen molar-refractivity contribution in [2.45, 2.75) is 50.7 Å². The molecule has 3 aromatic rings. The molecule has 0 bridgehead atoms. The molecule has 3 aromatic carbocycles. The first-order valence-electron chi connectivity index (χ1n) is 10.5. The van der Waals surface area contributed by atoms with Gasteiger partial charge in [-0.2, -0.15) is 0 Å². The van der Waals surface area contributed by atoms with Crippen molar-refractivity contribution in [3.8, 4) is 0 Å². The Bertz CT molecular complexity index is 710. The zero-order chi connectivity index (χ0) is 23.2. The molecule has 1 aliphatic carbocycles. The van der Waals surface area contributed by atoms with Gasteiger partial charge in [0.2, 0.25) is 0 Å². The predicted octanol–water partition coefficient (Wildman–Crippen LogP) is 10.1. The van der Waals surface area contributed by atoms with E-state index in [1.165, 1.54) is 42.4 Å². The van der Waals surface area contributed by atoms with E-state index in [1.807, 2.05) is 54.6 Å². The highest BCUT2D eigenvalue weighted by atomic mass is 35.6. The second kappa shape index (κ2) is 21.5. The molecule has 168 valence electrons. The number of benzene rings is 3. The summed E-state index contributed by atoms with van der Waals surface area (Å²) in [6.45, 7) is 6.32. The summed E-state index contributed by atoms with van der Waals surface area (Å²) in [5, 5.41) is 0. The Balaban J connectivity index is 0.000000369. The van der Waals surface area contributed by atoms with Crippen molar-refractivity contribution in [2.24, 2.45) is 0 Å². The smallest absolute Gasteiger partial charge is 0.0885 e. The minimum absolute atomic E-state index is 0.750. The van der Waals surface area contributed by atoms with Gasteiger partial charge in [-0.05, 0) is 57.6 Å². The number of allylic oxidation sites excluding steroid dienone is 2. The van der Waals surface area contributed by atoms with E-state index in [1.54, 1.807) is 0 Å². The normalized spacial score (nSPS) is 11.2. The second-order valence-electron chi connectivity index (χ2n) is 6.90. The molecule has 31 heavy (non-hydrogen) atoms. The first-order chi connectivity index (χ1) is 14.9. The minimum Gasteiger partial charge on any atom is -0.0885 e. The molecule has 0 aromatic heterocycles. The van der Waals surface area contributed by atoms with Gasteiger partial charge in [0, 0.05) is 0 Å². The number of alkyl halides is 3. The van der Waals surface area contributed by atoms with Crippen molar-refractivity contribution in [3.05, 3.63) is 120 Å². The van der Waals surface area contributed by atoms with E-state index in [0.717, 1.165) is 0 Å². The zero-order valence-electron chi connectivity index (χ0n) is 18.9. The van der Waals surface area contributed by atoms with Crippen molar-refractivity contribution < 1.29 is 0 Å². The lowest BCUT2D eigenvalue weighted by atomic mass is 10.1. The predicted molar refractivity (Wildman–Crippen MR) is 142 cm³/mol. The van der Waals surface area contributed by atoms with E-state index >= 15 is 0 Å². The van der Waals surface area contributed by atoms with E-state index in [2.05, 4.69) is 69.3 Å². The van der Waals surface area contributed by atoms with Crippen LogP contribution in [-0.4, -0.2) is 4.30 Å². The van der Waals surface area contributed by atoms with Crippen molar-refractivity contribution >= 4 is 34.8 Å². The molecule has 0 spiro atoms. The molecule has 0 N–H and O–H groups in total. The fraction of sp³-hybridized carbons (Fsp3) is 0.286. The summed E-state index contributed by atoms with van der Waals surface area (Å²) in [6, 6.07) is 30.6. The van der Waals surface area contributed by atoms with Gasteiger partial charge in [-0.1, -0.05) is 144 Å². The maximum atomic E-state index is 4.81. The van der Waals surface area contributed by atoms with Crippen LogP contribution >= 0.6 is 34.8 Å². The van der Waals surface area contributed by atoms with Crippen molar-refractivity contribution in [1.29, 1.82) is 0 Å². The van der Waals surface area contributed by atoms with E-state index in [4.69, 9.17) is 34.8 Å². The van der Waals surface area contributed by atoms with E-state index in [-0.39, 0.29) is 0 Å². The lowest BCUT2D eigenvalue weighted by Crippen LogP contribution is -1.77. The van der Waals surface area contributed by atoms with Gasteiger partial charge in [-0.15, -0.1) is 0 Å². The molecule has 0 saturated carbocycles. The molecule has 0 aliphatic heterocycles. The highest BCUT2D eigenvalue weighted by Crippen LogP contribution is 2.07.